The largest absolute Gasteiger partial charge is 0.465 e. The van der Waals surface area contributed by atoms with E-state index in [0.29, 0.717) is 13.2 Å². The van der Waals surface area contributed by atoms with Gasteiger partial charge in [-0.15, -0.1) is 0 Å². The van der Waals surface area contributed by atoms with Gasteiger partial charge in [0.05, 0.1) is 30.9 Å². The van der Waals surface area contributed by atoms with E-state index in [1.165, 1.54) is 0 Å². The molecule has 0 unspecified atom stereocenters. The van der Waals surface area contributed by atoms with Crippen LogP contribution in [0.25, 0.3) is 0 Å². The predicted octanol–water partition coefficient (Wildman–Crippen LogP) is 3.08. The molecule has 2 fully saturated rings. The summed E-state index contributed by atoms with van der Waals surface area (Å²) >= 11 is 3.51. The number of para-hydroxylation sites is 1. The summed E-state index contributed by atoms with van der Waals surface area (Å²) in [4.78, 5) is 27.5. The van der Waals surface area contributed by atoms with Crippen LogP contribution < -0.4 is 4.90 Å². The van der Waals surface area contributed by atoms with E-state index >= 15 is 0 Å². The van der Waals surface area contributed by atoms with Gasteiger partial charge in [0, 0.05) is 4.47 Å². The Morgan fingerprint density at radius 1 is 1.44 bits per heavy atom. The van der Waals surface area contributed by atoms with E-state index in [-0.39, 0.29) is 18.0 Å². The Kier molecular flexibility index (Phi) is 4.20. The molecule has 1 aromatic rings. The van der Waals surface area contributed by atoms with Crippen molar-refractivity contribution in [3.8, 4) is 0 Å². The van der Waals surface area contributed by atoms with Crippen LogP contribution in [0.3, 0.4) is 0 Å². The van der Waals surface area contributed by atoms with E-state index < -0.39 is 17.4 Å². The lowest BCUT2D eigenvalue weighted by Gasteiger charge is -2.22. The molecule has 1 amide bonds. The van der Waals surface area contributed by atoms with Crippen LogP contribution in [0.2, 0.25) is 0 Å². The summed E-state index contributed by atoms with van der Waals surface area (Å²) in [5.74, 6) is -1.46. The minimum atomic E-state index is -0.717. The highest BCUT2D eigenvalue weighted by atomic mass is 79.9. The number of esters is 1. The lowest BCUT2D eigenvalue weighted by molar-refractivity contribution is -0.152. The first kappa shape index (κ1) is 16.8. The average Bonchev–Trinajstić information content (AvgIpc) is 3.24. The van der Waals surface area contributed by atoms with Crippen LogP contribution in [0.5, 0.6) is 0 Å². The summed E-state index contributed by atoms with van der Waals surface area (Å²) in [6, 6.07) is 7.59. The second kappa shape index (κ2) is 6.25. The number of carbonyl (C=O) groups is 2. The monoisotopic (exact) mass is 405 g/mol. The number of benzene rings is 1. The molecule has 2 bridgehead atoms. The van der Waals surface area contributed by atoms with Crippen LogP contribution in [0.4, 0.5) is 5.69 Å². The Balaban J connectivity index is 1.61. The molecule has 132 valence electrons. The van der Waals surface area contributed by atoms with Crippen LogP contribution in [0.1, 0.15) is 19.8 Å². The number of hydrogen-bond donors (Lipinski definition) is 0. The number of nitrogens with zero attached hydrogens (tertiary/aromatic N) is 1. The molecule has 4 atom stereocenters. The maximum Gasteiger partial charge on any atom is 0.312 e. The molecule has 1 aromatic carbocycles. The van der Waals surface area contributed by atoms with Gasteiger partial charge < -0.3 is 14.4 Å². The summed E-state index contributed by atoms with van der Waals surface area (Å²) in [5.41, 5.74) is 0.0840. The SMILES string of the molecule is CCCCOC(=O)[C@@H]1[C@@H]2C=C[C@@]3(CN(c4ccccc4Br)C(=O)[C@@H]13)O2. The van der Waals surface area contributed by atoms with Gasteiger partial charge in [0.25, 0.3) is 0 Å². The molecule has 3 aliphatic rings. The van der Waals surface area contributed by atoms with Crippen LogP contribution in [0.15, 0.2) is 40.9 Å². The zero-order valence-electron chi connectivity index (χ0n) is 14.0. The lowest BCUT2D eigenvalue weighted by Crippen LogP contribution is -2.40. The molecule has 0 aromatic heterocycles. The van der Waals surface area contributed by atoms with Gasteiger partial charge >= 0.3 is 5.97 Å². The van der Waals surface area contributed by atoms with Gasteiger partial charge in [-0.25, -0.2) is 0 Å². The Labute approximate surface area is 155 Å². The maximum atomic E-state index is 13.2. The Hall–Kier alpha value is -1.66. The number of amides is 1. The molecule has 0 aliphatic carbocycles. The van der Waals surface area contributed by atoms with E-state index in [0.717, 1.165) is 23.0 Å². The van der Waals surface area contributed by atoms with Crippen molar-refractivity contribution in [1.82, 2.24) is 0 Å². The zero-order chi connectivity index (χ0) is 17.6. The fourth-order valence-electron chi connectivity index (χ4n) is 4.06. The number of unbranched alkanes of at least 4 members (excludes halogenated alkanes) is 1. The molecule has 3 aliphatic heterocycles. The molecule has 0 saturated carbocycles. The van der Waals surface area contributed by atoms with Crippen LogP contribution in [-0.2, 0) is 19.1 Å². The van der Waals surface area contributed by atoms with Crippen molar-refractivity contribution in [2.24, 2.45) is 11.8 Å². The van der Waals surface area contributed by atoms with Crippen molar-refractivity contribution in [3.05, 3.63) is 40.9 Å². The number of anilines is 1. The van der Waals surface area contributed by atoms with E-state index in [1.807, 2.05) is 43.3 Å². The van der Waals surface area contributed by atoms with Gasteiger partial charge in [-0.2, -0.15) is 0 Å². The highest BCUT2D eigenvalue weighted by Gasteiger charge is 2.67. The highest BCUT2D eigenvalue weighted by Crippen LogP contribution is 2.53. The molecule has 2 saturated heterocycles. The summed E-state index contributed by atoms with van der Waals surface area (Å²) in [6.07, 6.45) is 5.28. The molecule has 3 heterocycles. The average molecular weight is 406 g/mol. The van der Waals surface area contributed by atoms with Gasteiger partial charge in [-0.05, 0) is 34.5 Å². The van der Waals surface area contributed by atoms with Crippen molar-refractivity contribution in [2.45, 2.75) is 31.5 Å². The molecule has 0 radical (unpaired) electrons. The smallest absolute Gasteiger partial charge is 0.312 e. The lowest BCUT2D eigenvalue weighted by atomic mass is 9.77. The third-order valence-corrected chi connectivity index (χ3v) is 5.93. The molecule has 1 spiro atoms. The zero-order valence-corrected chi connectivity index (χ0v) is 15.6. The third-order valence-electron chi connectivity index (χ3n) is 5.26. The molecular formula is C19H20BrNO4. The third kappa shape index (κ3) is 2.54. The van der Waals surface area contributed by atoms with Crippen LogP contribution in [-0.4, -0.2) is 36.7 Å². The Morgan fingerprint density at radius 3 is 3.00 bits per heavy atom. The number of hydrogen-bond acceptors (Lipinski definition) is 4. The van der Waals surface area contributed by atoms with Crippen molar-refractivity contribution >= 4 is 33.5 Å². The first-order valence-electron chi connectivity index (χ1n) is 8.67. The molecular weight excluding hydrogens is 386 g/mol. The summed E-state index contributed by atoms with van der Waals surface area (Å²) in [7, 11) is 0. The maximum absolute atomic E-state index is 13.2. The summed E-state index contributed by atoms with van der Waals surface area (Å²) < 4.78 is 12.3. The summed E-state index contributed by atoms with van der Waals surface area (Å²) in [6.45, 7) is 2.86. The minimum Gasteiger partial charge on any atom is -0.465 e. The Morgan fingerprint density at radius 2 is 2.24 bits per heavy atom. The Bertz CT molecular complexity index is 749. The fraction of sp³-hybridized carbons (Fsp3) is 0.474. The number of carbonyl (C=O) groups excluding carboxylic acids is 2. The number of halogens is 1. The van der Waals surface area contributed by atoms with Crippen molar-refractivity contribution in [1.29, 1.82) is 0 Å². The van der Waals surface area contributed by atoms with Crippen LogP contribution in [0, 0.1) is 11.8 Å². The second-order valence-corrected chi connectivity index (χ2v) is 7.65. The van der Waals surface area contributed by atoms with E-state index in [1.54, 1.807) is 4.90 Å². The van der Waals surface area contributed by atoms with Gasteiger partial charge in [-0.3, -0.25) is 9.59 Å². The standard InChI is InChI=1S/C19H20BrNO4/c1-2-3-10-24-18(23)15-14-8-9-19(25-14)11-21(17(22)16(15)19)13-7-5-4-6-12(13)20/h4-9,14-16H,2-3,10-11H2,1H3/t14-,15+,16+,19-/m0/s1. The van der Waals surface area contributed by atoms with Gasteiger partial charge in [0.1, 0.15) is 11.5 Å². The number of fused-ring (bicyclic) bond motifs is 1. The molecule has 0 N–H and O–H groups in total. The van der Waals surface area contributed by atoms with Gasteiger partial charge in [0.2, 0.25) is 5.91 Å². The van der Waals surface area contributed by atoms with Gasteiger partial charge in [0.15, 0.2) is 0 Å². The van der Waals surface area contributed by atoms with E-state index in [9.17, 15) is 9.59 Å². The first-order valence-corrected chi connectivity index (χ1v) is 9.46. The first-order chi connectivity index (χ1) is 12.1. The van der Waals surface area contributed by atoms with Crippen molar-refractivity contribution in [2.75, 3.05) is 18.1 Å². The minimum absolute atomic E-state index is 0.0730. The molecule has 25 heavy (non-hydrogen) atoms. The number of ether oxygens (including phenoxy) is 2. The molecule has 6 heteroatoms. The van der Waals surface area contributed by atoms with Crippen LogP contribution >= 0.6 is 15.9 Å². The predicted molar refractivity (Wildman–Crippen MR) is 96.1 cm³/mol. The van der Waals surface area contributed by atoms with Gasteiger partial charge in [-0.1, -0.05) is 37.6 Å². The summed E-state index contributed by atoms with van der Waals surface area (Å²) in [5, 5.41) is 0. The second-order valence-electron chi connectivity index (χ2n) is 6.80. The van der Waals surface area contributed by atoms with E-state index in [2.05, 4.69) is 15.9 Å². The van der Waals surface area contributed by atoms with Crippen molar-refractivity contribution in [3.63, 3.8) is 0 Å². The quantitative estimate of drug-likeness (QED) is 0.429. The molecule has 4 rings (SSSR count). The van der Waals surface area contributed by atoms with Crippen molar-refractivity contribution < 1.29 is 19.1 Å². The number of rotatable bonds is 5. The highest BCUT2D eigenvalue weighted by molar-refractivity contribution is 9.10. The molecule has 5 nitrogen and oxygen atoms in total. The topological polar surface area (TPSA) is 55.8 Å². The fourth-order valence-corrected chi connectivity index (χ4v) is 4.55. The van der Waals surface area contributed by atoms with E-state index in [4.69, 9.17) is 9.47 Å². The normalized spacial score (nSPS) is 32.3.